The smallest absolute Gasteiger partial charge is 0.463 e. The Kier molecular flexibility index (Phi) is 10.3. The van der Waals surface area contributed by atoms with Crippen molar-refractivity contribution in [2.75, 3.05) is 13.2 Å². The normalized spacial score (nSPS) is 29.8. The zero-order valence-electron chi connectivity index (χ0n) is 16.8. The third kappa shape index (κ3) is 10.1. The van der Waals surface area contributed by atoms with Gasteiger partial charge in [-0.2, -0.15) is 0 Å². The first kappa shape index (κ1) is 22.9. The fraction of sp³-hybridized carbons (Fsp3) is 0.950. The maximum Gasteiger partial charge on any atom is 0.472 e. The summed E-state index contributed by atoms with van der Waals surface area (Å²) < 4.78 is 25.5. The van der Waals surface area contributed by atoms with E-state index in [2.05, 4.69) is 11.4 Å². The van der Waals surface area contributed by atoms with Gasteiger partial charge in [-0.15, -0.1) is 0 Å². The Labute approximate surface area is 164 Å². The van der Waals surface area contributed by atoms with Crippen LogP contribution in [0.25, 0.3) is 0 Å². The summed E-state index contributed by atoms with van der Waals surface area (Å²) in [5.41, 5.74) is 0. The van der Waals surface area contributed by atoms with Gasteiger partial charge in [-0.05, 0) is 24.7 Å². The Morgan fingerprint density at radius 1 is 1.04 bits per heavy atom. The first-order valence-corrected chi connectivity index (χ1v) is 12.3. The van der Waals surface area contributed by atoms with Crippen molar-refractivity contribution >= 4 is 13.8 Å². The Hall–Kier alpha value is -0.420. The second-order valence-corrected chi connectivity index (χ2v) is 9.49. The molecule has 0 aromatic carbocycles. The predicted octanol–water partition coefficient (Wildman–Crippen LogP) is 5.38. The van der Waals surface area contributed by atoms with Crippen molar-refractivity contribution in [2.24, 2.45) is 11.8 Å². The molecule has 7 heteroatoms. The van der Waals surface area contributed by atoms with Crippen LogP contribution in [0.2, 0.25) is 0 Å². The van der Waals surface area contributed by atoms with E-state index >= 15 is 0 Å². The van der Waals surface area contributed by atoms with Gasteiger partial charge >= 0.3 is 13.8 Å². The van der Waals surface area contributed by atoms with Crippen molar-refractivity contribution in [3.05, 3.63) is 0 Å². The zero-order chi connectivity index (χ0) is 19.5. The molecule has 2 rings (SSSR count). The molecule has 2 aliphatic rings. The standard InChI is InChI=1S/C20H37O6P/c1-2-3-4-8-11-17-14-18(17)12-9-6-5-7-10-13-20(21)24-15-19-16-25-27(22,23)26-19/h17-19H,2-16H2,1H3,(H,22,23)/t17-,18+,19-/m1/s1. The van der Waals surface area contributed by atoms with Crippen LogP contribution in [0.4, 0.5) is 0 Å². The lowest BCUT2D eigenvalue weighted by atomic mass is 10.0. The highest BCUT2D eigenvalue weighted by molar-refractivity contribution is 7.47. The second kappa shape index (κ2) is 12.2. The predicted molar refractivity (Wildman–Crippen MR) is 104 cm³/mol. The number of carbonyl (C=O) groups is 1. The summed E-state index contributed by atoms with van der Waals surface area (Å²) in [5.74, 6) is 1.74. The molecule has 4 atom stereocenters. The van der Waals surface area contributed by atoms with Gasteiger partial charge in [-0.1, -0.05) is 71.1 Å². The van der Waals surface area contributed by atoms with Gasteiger partial charge in [0.25, 0.3) is 0 Å². The number of rotatable bonds is 15. The molecule has 1 saturated heterocycles. The van der Waals surface area contributed by atoms with Crippen molar-refractivity contribution < 1.29 is 28.0 Å². The van der Waals surface area contributed by atoms with Gasteiger partial charge in [0.2, 0.25) is 0 Å². The first-order valence-electron chi connectivity index (χ1n) is 10.8. The van der Waals surface area contributed by atoms with E-state index in [0.717, 1.165) is 24.7 Å². The monoisotopic (exact) mass is 404 g/mol. The summed E-state index contributed by atoms with van der Waals surface area (Å²) in [7, 11) is -3.90. The Morgan fingerprint density at radius 2 is 1.67 bits per heavy atom. The number of carbonyl (C=O) groups excluding carboxylic acids is 1. The van der Waals surface area contributed by atoms with E-state index in [1.54, 1.807) is 0 Å². The van der Waals surface area contributed by atoms with E-state index in [9.17, 15) is 9.36 Å². The molecule has 158 valence electrons. The quantitative estimate of drug-likeness (QED) is 0.224. The Morgan fingerprint density at radius 3 is 2.30 bits per heavy atom. The van der Waals surface area contributed by atoms with Gasteiger partial charge in [0.1, 0.15) is 12.7 Å². The van der Waals surface area contributed by atoms with Crippen molar-refractivity contribution in [2.45, 2.75) is 96.5 Å². The Balaban J connectivity index is 1.34. The highest BCUT2D eigenvalue weighted by atomic mass is 31.2. The van der Waals surface area contributed by atoms with Crippen LogP contribution in [0.3, 0.4) is 0 Å². The van der Waals surface area contributed by atoms with Gasteiger partial charge in [0.15, 0.2) is 0 Å². The van der Waals surface area contributed by atoms with E-state index in [1.807, 2.05) is 0 Å². The molecular formula is C20H37O6P. The molecule has 1 aliphatic carbocycles. The highest BCUT2D eigenvalue weighted by Gasteiger charge is 2.36. The molecule has 0 bridgehead atoms. The highest BCUT2D eigenvalue weighted by Crippen LogP contribution is 2.49. The molecule has 0 spiro atoms. The fourth-order valence-electron chi connectivity index (χ4n) is 3.82. The van der Waals surface area contributed by atoms with Crippen molar-refractivity contribution in [1.29, 1.82) is 0 Å². The molecule has 1 N–H and O–H groups in total. The first-order chi connectivity index (χ1) is 13.0. The van der Waals surface area contributed by atoms with Crippen LogP contribution in [0, 0.1) is 11.8 Å². The van der Waals surface area contributed by atoms with Gasteiger partial charge in [0, 0.05) is 6.42 Å². The molecule has 27 heavy (non-hydrogen) atoms. The number of hydrogen-bond acceptors (Lipinski definition) is 5. The molecule has 0 aromatic heterocycles. The lowest BCUT2D eigenvalue weighted by molar-refractivity contribution is -0.146. The lowest BCUT2D eigenvalue weighted by Crippen LogP contribution is -2.20. The van der Waals surface area contributed by atoms with Gasteiger partial charge < -0.3 is 9.63 Å². The van der Waals surface area contributed by atoms with Crippen LogP contribution in [0.15, 0.2) is 0 Å². The van der Waals surface area contributed by atoms with E-state index < -0.39 is 13.9 Å². The van der Waals surface area contributed by atoms with Crippen molar-refractivity contribution in [3.63, 3.8) is 0 Å². The minimum Gasteiger partial charge on any atom is -0.463 e. The van der Waals surface area contributed by atoms with Gasteiger partial charge in [-0.25, -0.2) is 4.57 Å². The van der Waals surface area contributed by atoms with Crippen LogP contribution in [0.5, 0.6) is 0 Å². The van der Waals surface area contributed by atoms with Crippen LogP contribution in [0.1, 0.15) is 90.4 Å². The third-order valence-corrected chi connectivity index (χ3v) is 6.63. The summed E-state index contributed by atoms with van der Waals surface area (Å²) >= 11 is 0. The third-order valence-electron chi connectivity index (χ3n) is 5.59. The molecule has 1 saturated carbocycles. The van der Waals surface area contributed by atoms with E-state index in [-0.39, 0.29) is 19.2 Å². The molecule has 0 amide bonds. The molecule has 2 fully saturated rings. The molecular weight excluding hydrogens is 367 g/mol. The summed E-state index contributed by atoms with van der Waals surface area (Å²) in [5, 5.41) is 0. The minimum atomic E-state index is -3.90. The zero-order valence-corrected chi connectivity index (χ0v) is 17.7. The maximum atomic E-state index is 11.7. The van der Waals surface area contributed by atoms with Crippen molar-refractivity contribution in [3.8, 4) is 0 Å². The van der Waals surface area contributed by atoms with Crippen LogP contribution < -0.4 is 0 Å². The van der Waals surface area contributed by atoms with Crippen LogP contribution in [-0.2, 0) is 23.1 Å². The van der Waals surface area contributed by atoms with Crippen molar-refractivity contribution in [1.82, 2.24) is 0 Å². The average Bonchev–Trinajstić information content (AvgIpc) is 3.28. The molecule has 0 aromatic rings. The maximum absolute atomic E-state index is 11.7. The summed E-state index contributed by atoms with van der Waals surface area (Å²) in [6.07, 6.45) is 15.2. The summed E-state index contributed by atoms with van der Waals surface area (Å²) in [6.45, 7) is 2.23. The number of unbranched alkanes of at least 4 members (excludes halogenated alkanes) is 7. The van der Waals surface area contributed by atoms with Crippen LogP contribution >= 0.6 is 7.82 Å². The molecule has 1 unspecified atom stereocenters. The number of ether oxygens (including phenoxy) is 1. The second-order valence-electron chi connectivity index (χ2n) is 8.09. The lowest BCUT2D eigenvalue weighted by Gasteiger charge is -2.08. The SMILES string of the molecule is CCCCCC[C@@H]1C[C@@H]1CCCCCCCC(=O)OC[C@@H]1COP(=O)(O)O1. The largest absolute Gasteiger partial charge is 0.472 e. The summed E-state index contributed by atoms with van der Waals surface area (Å²) in [6, 6.07) is 0. The number of phosphoric ester groups is 1. The molecule has 1 aliphatic heterocycles. The Bertz CT molecular complexity index is 483. The number of esters is 1. The summed E-state index contributed by atoms with van der Waals surface area (Å²) in [4.78, 5) is 20.7. The molecule has 0 radical (unpaired) electrons. The molecule has 1 heterocycles. The fourth-order valence-corrected chi connectivity index (χ4v) is 4.73. The topological polar surface area (TPSA) is 82.1 Å². The average molecular weight is 404 g/mol. The van der Waals surface area contributed by atoms with E-state index in [0.29, 0.717) is 6.42 Å². The van der Waals surface area contributed by atoms with Crippen LogP contribution in [-0.4, -0.2) is 30.2 Å². The number of phosphoric acid groups is 1. The number of hydrogen-bond donors (Lipinski definition) is 1. The van der Waals surface area contributed by atoms with Gasteiger partial charge in [0.05, 0.1) is 6.61 Å². The molecule has 6 nitrogen and oxygen atoms in total. The van der Waals surface area contributed by atoms with E-state index in [4.69, 9.17) is 14.2 Å². The minimum absolute atomic E-state index is 0.0123. The van der Waals surface area contributed by atoms with E-state index in [1.165, 1.54) is 64.2 Å². The van der Waals surface area contributed by atoms with Gasteiger partial charge in [-0.3, -0.25) is 13.8 Å².